The van der Waals surface area contributed by atoms with Gasteiger partial charge in [0, 0.05) is 11.8 Å². The fourth-order valence-electron chi connectivity index (χ4n) is 2.07. The standard InChI is InChI=1S/C14H12ClN3/c1-9-5-4-8-18-13(16)12(17-14(9)18)10-6-2-3-7-11(10)15/h2-8H,16H2,1H3. The van der Waals surface area contributed by atoms with E-state index in [1.54, 1.807) is 0 Å². The van der Waals surface area contributed by atoms with Crippen molar-refractivity contribution >= 4 is 23.1 Å². The highest BCUT2D eigenvalue weighted by atomic mass is 35.5. The molecule has 18 heavy (non-hydrogen) atoms. The number of benzene rings is 1. The van der Waals surface area contributed by atoms with Crippen LogP contribution in [-0.4, -0.2) is 9.38 Å². The van der Waals surface area contributed by atoms with Gasteiger partial charge in [-0.05, 0) is 24.6 Å². The summed E-state index contributed by atoms with van der Waals surface area (Å²) in [5.74, 6) is 0.613. The van der Waals surface area contributed by atoms with E-state index in [0.29, 0.717) is 10.8 Å². The first-order valence-corrected chi connectivity index (χ1v) is 6.04. The second-order valence-corrected chi connectivity index (χ2v) is 4.62. The number of imidazole rings is 1. The Bertz CT molecular complexity index is 731. The number of pyridine rings is 1. The Kier molecular flexibility index (Phi) is 2.49. The molecule has 0 saturated carbocycles. The smallest absolute Gasteiger partial charge is 0.142 e. The summed E-state index contributed by atoms with van der Waals surface area (Å²) in [6.45, 7) is 2.01. The molecule has 0 aliphatic rings. The summed E-state index contributed by atoms with van der Waals surface area (Å²) < 4.78 is 1.88. The van der Waals surface area contributed by atoms with Crippen LogP contribution in [0.5, 0.6) is 0 Å². The van der Waals surface area contributed by atoms with Crippen molar-refractivity contribution in [3.05, 3.63) is 53.2 Å². The molecule has 0 fully saturated rings. The molecule has 0 radical (unpaired) electrons. The van der Waals surface area contributed by atoms with E-state index in [-0.39, 0.29) is 0 Å². The fourth-order valence-corrected chi connectivity index (χ4v) is 2.30. The van der Waals surface area contributed by atoms with E-state index in [1.807, 2.05) is 53.9 Å². The first kappa shape index (κ1) is 11.1. The summed E-state index contributed by atoms with van der Waals surface area (Å²) in [6, 6.07) is 11.6. The Balaban J connectivity index is 2.35. The van der Waals surface area contributed by atoms with Crippen molar-refractivity contribution in [2.45, 2.75) is 6.92 Å². The van der Waals surface area contributed by atoms with Crippen LogP contribution in [-0.2, 0) is 0 Å². The molecule has 2 aromatic heterocycles. The molecule has 3 nitrogen and oxygen atoms in total. The number of hydrogen-bond donors (Lipinski definition) is 1. The van der Waals surface area contributed by atoms with E-state index >= 15 is 0 Å². The Hall–Kier alpha value is -2.00. The third-order valence-corrected chi connectivity index (χ3v) is 3.34. The SMILES string of the molecule is Cc1cccn2c(N)c(-c3ccccc3Cl)nc12. The van der Waals surface area contributed by atoms with Gasteiger partial charge in [-0.2, -0.15) is 0 Å². The van der Waals surface area contributed by atoms with Gasteiger partial charge in [-0.15, -0.1) is 0 Å². The van der Waals surface area contributed by atoms with Gasteiger partial charge < -0.3 is 5.73 Å². The second kappa shape index (κ2) is 4.03. The first-order valence-electron chi connectivity index (χ1n) is 5.66. The van der Waals surface area contributed by atoms with Gasteiger partial charge in [-0.25, -0.2) is 4.98 Å². The van der Waals surface area contributed by atoms with E-state index < -0.39 is 0 Å². The zero-order chi connectivity index (χ0) is 12.7. The normalized spacial score (nSPS) is 11.0. The number of nitrogen functional groups attached to an aromatic ring is 1. The van der Waals surface area contributed by atoms with Crippen molar-refractivity contribution in [1.29, 1.82) is 0 Å². The number of anilines is 1. The van der Waals surface area contributed by atoms with Gasteiger partial charge in [-0.3, -0.25) is 4.40 Å². The van der Waals surface area contributed by atoms with Gasteiger partial charge in [0.05, 0.1) is 5.02 Å². The number of nitrogens with two attached hydrogens (primary N) is 1. The summed E-state index contributed by atoms with van der Waals surface area (Å²) in [7, 11) is 0. The number of fused-ring (bicyclic) bond motifs is 1. The lowest BCUT2D eigenvalue weighted by molar-refractivity contribution is 1.17. The highest BCUT2D eigenvalue weighted by molar-refractivity contribution is 6.33. The topological polar surface area (TPSA) is 43.3 Å². The lowest BCUT2D eigenvalue weighted by atomic mass is 10.1. The molecular weight excluding hydrogens is 246 g/mol. The van der Waals surface area contributed by atoms with Crippen LogP contribution in [0, 0.1) is 6.92 Å². The Morgan fingerprint density at radius 3 is 2.67 bits per heavy atom. The van der Waals surface area contributed by atoms with Crippen LogP contribution in [0.1, 0.15) is 5.56 Å². The van der Waals surface area contributed by atoms with Crippen molar-refractivity contribution in [1.82, 2.24) is 9.38 Å². The van der Waals surface area contributed by atoms with E-state index in [2.05, 4.69) is 4.98 Å². The van der Waals surface area contributed by atoms with Crippen molar-refractivity contribution in [2.24, 2.45) is 0 Å². The Morgan fingerprint density at radius 2 is 1.94 bits per heavy atom. The van der Waals surface area contributed by atoms with E-state index in [4.69, 9.17) is 17.3 Å². The third kappa shape index (κ3) is 1.56. The van der Waals surface area contributed by atoms with Crippen LogP contribution in [0.2, 0.25) is 5.02 Å². The van der Waals surface area contributed by atoms with Crippen molar-refractivity contribution in [3.63, 3.8) is 0 Å². The maximum absolute atomic E-state index is 6.19. The summed E-state index contributed by atoms with van der Waals surface area (Å²) in [4.78, 5) is 4.60. The van der Waals surface area contributed by atoms with Crippen LogP contribution >= 0.6 is 11.6 Å². The quantitative estimate of drug-likeness (QED) is 0.725. The van der Waals surface area contributed by atoms with Crippen LogP contribution < -0.4 is 5.73 Å². The number of aromatic nitrogens is 2. The minimum absolute atomic E-state index is 0.613. The largest absolute Gasteiger partial charge is 0.383 e. The number of aryl methyl sites for hydroxylation is 1. The molecule has 0 unspecified atom stereocenters. The maximum Gasteiger partial charge on any atom is 0.142 e. The zero-order valence-electron chi connectivity index (χ0n) is 9.89. The highest BCUT2D eigenvalue weighted by Gasteiger charge is 2.14. The van der Waals surface area contributed by atoms with Gasteiger partial charge in [0.2, 0.25) is 0 Å². The minimum atomic E-state index is 0.613. The molecule has 0 saturated heterocycles. The van der Waals surface area contributed by atoms with Gasteiger partial charge in [-0.1, -0.05) is 35.9 Å². The molecule has 0 aliphatic carbocycles. The zero-order valence-corrected chi connectivity index (χ0v) is 10.6. The number of hydrogen-bond acceptors (Lipinski definition) is 2. The fraction of sp³-hybridized carbons (Fsp3) is 0.0714. The van der Waals surface area contributed by atoms with E-state index in [1.165, 1.54) is 0 Å². The average Bonchev–Trinajstić information content (AvgIpc) is 2.70. The van der Waals surface area contributed by atoms with Crippen molar-refractivity contribution < 1.29 is 0 Å². The molecule has 1 aromatic carbocycles. The van der Waals surface area contributed by atoms with Crippen molar-refractivity contribution in [2.75, 3.05) is 5.73 Å². The van der Waals surface area contributed by atoms with E-state index in [9.17, 15) is 0 Å². The van der Waals surface area contributed by atoms with Crippen LogP contribution in [0.25, 0.3) is 16.9 Å². The molecule has 3 aromatic rings. The van der Waals surface area contributed by atoms with Gasteiger partial charge in [0.15, 0.2) is 0 Å². The second-order valence-electron chi connectivity index (χ2n) is 4.21. The molecule has 0 amide bonds. The first-order chi connectivity index (χ1) is 8.68. The lowest BCUT2D eigenvalue weighted by Crippen LogP contribution is -1.94. The molecule has 0 spiro atoms. The molecule has 0 atom stereocenters. The molecule has 2 heterocycles. The molecular formula is C14H12ClN3. The summed E-state index contributed by atoms with van der Waals surface area (Å²) in [5.41, 5.74) is 9.69. The van der Waals surface area contributed by atoms with Gasteiger partial charge >= 0.3 is 0 Å². The summed E-state index contributed by atoms with van der Waals surface area (Å²) in [5, 5.41) is 0.658. The molecule has 3 rings (SSSR count). The predicted molar refractivity (Wildman–Crippen MR) is 74.8 cm³/mol. The molecule has 0 aliphatic heterocycles. The number of nitrogens with zero attached hydrogens (tertiary/aromatic N) is 2. The maximum atomic E-state index is 6.19. The molecule has 90 valence electrons. The highest BCUT2D eigenvalue weighted by Crippen LogP contribution is 2.32. The monoisotopic (exact) mass is 257 g/mol. The summed E-state index contributed by atoms with van der Waals surface area (Å²) >= 11 is 6.19. The van der Waals surface area contributed by atoms with Gasteiger partial charge in [0.1, 0.15) is 17.2 Å². The number of halogens is 1. The van der Waals surface area contributed by atoms with Gasteiger partial charge in [0.25, 0.3) is 0 Å². The Morgan fingerprint density at radius 1 is 1.17 bits per heavy atom. The van der Waals surface area contributed by atoms with Crippen LogP contribution in [0.15, 0.2) is 42.6 Å². The van der Waals surface area contributed by atoms with Crippen LogP contribution in [0.4, 0.5) is 5.82 Å². The summed E-state index contributed by atoms with van der Waals surface area (Å²) in [6.07, 6.45) is 1.91. The number of rotatable bonds is 1. The third-order valence-electron chi connectivity index (χ3n) is 3.01. The minimum Gasteiger partial charge on any atom is -0.383 e. The van der Waals surface area contributed by atoms with Crippen LogP contribution in [0.3, 0.4) is 0 Å². The molecule has 4 heteroatoms. The van der Waals surface area contributed by atoms with Crippen molar-refractivity contribution in [3.8, 4) is 11.3 Å². The molecule has 2 N–H and O–H groups in total. The average molecular weight is 258 g/mol. The predicted octanol–water partition coefficient (Wildman–Crippen LogP) is 3.55. The molecule has 0 bridgehead atoms. The Labute approximate surface area is 110 Å². The van der Waals surface area contributed by atoms with E-state index in [0.717, 1.165) is 22.5 Å². The lowest BCUT2D eigenvalue weighted by Gasteiger charge is -2.01.